The van der Waals surface area contributed by atoms with Crippen molar-refractivity contribution >= 4 is 30.3 Å². The predicted molar refractivity (Wildman–Crippen MR) is 212 cm³/mol. The minimum absolute atomic E-state index is 0.0424. The molecule has 0 spiro atoms. The van der Waals surface area contributed by atoms with Crippen molar-refractivity contribution in [1.82, 2.24) is 25.8 Å². The first-order valence-corrected chi connectivity index (χ1v) is 20.0. The molecule has 0 aromatic rings. The van der Waals surface area contributed by atoms with Crippen LogP contribution in [0.1, 0.15) is 154 Å². The topological polar surface area (TPSA) is 165 Å². The summed E-state index contributed by atoms with van der Waals surface area (Å²) in [6, 6.07) is 0. The molecule has 5 amide bonds. The average Bonchev–Trinajstić information content (AvgIpc) is 2.98. The maximum absolute atomic E-state index is 13.6. The minimum atomic E-state index is -0.702. The predicted octanol–water partition coefficient (Wildman–Crippen LogP) is 8.16. The van der Waals surface area contributed by atoms with Gasteiger partial charge in [0.1, 0.15) is 22.4 Å². The Bertz CT molecular complexity index is 1050. The number of carbonyl (C=O) groups is 5. The lowest BCUT2D eigenvalue weighted by atomic mass is 9.98. The molecule has 0 bridgehead atoms. The molecular weight excluding hydrogens is 694 g/mol. The molecule has 0 aliphatic rings. The first-order valence-electron chi connectivity index (χ1n) is 20.0. The summed E-state index contributed by atoms with van der Waals surface area (Å²) in [4.78, 5) is 66.4. The number of carbonyl (C=O) groups excluding carboxylic acids is 5. The van der Waals surface area contributed by atoms with Gasteiger partial charge in [-0.2, -0.15) is 0 Å². The van der Waals surface area contributed by atoms with Gasteiger partial charge in [-0.05, 0) is 128 Å². The number of nitrogens with zero attached hydrogens (tertiary/aromatic N) is 2. The van der Waals surface area contributed by atoms with Gasteiger partial charge in [0.05, 0.1) is 0 Å². The number of ether oxygens (including phenoxy) is 4. The highest BCUT2D eigenvalue weighted by molar-refractivity contribution is 5.75. The Kier molecular flexibility index (Phi) is 23.3. The van der Waals surface area contributed by atoms with E-state index in [0.29, 0.717) is 77.9 Å². The van der Waals surface area contributed by atoms with Crippen molar-refractivity contribution < 1.29 is 42.9 Å². The lowest BCUT2D eigenvalue weighted by Crippen LogP contribution is -2.45. The van der Waals surface area contributed by atoms with E-state index < -0.39 is 46.8 Å². The van der Waals surface area contributed by atoms with Crippen molar-refractivity contribution in [1.29, 1.82) is 0 Å². The molecule has 0 atom stereocenters. The standard InChI is InChI=1S/C40H77N5O9/c1-14-32(46)41-24-18-16-15-17-23-31(29-44(35(49)53-39(8,9)10)27-21-19-25-42-33(47)51-37(2,3)4)30-45(36(50)54-40(11,12)13)28-22-20-26-43-34(48)52-38(5,6)7/h31H,14-30H2,1-13H3,(H,41,46)(H,42,47)(H,43,48). The summed E-state index contributed by atoms with van der Waals surface area (Å²) in [6.45, 7) is 26.6. The van der Waals surface area contributed by atoms with Crippen molar-refractivity contribution in [3.63, 3.8) is 0 Å². The second-order valence-corrected chi connectivity index (χ2v) is 17.9. The Balaban J connectivity index is 5.93. The fourth-order valence-electron chi connectivity index (χ4n) is 5.16. The van der Waals surface area contributed by atoms with Gasteiger partial charge in [0.2, 0.25) is 5.91 Å². The average molecular weight is 772 g/mol. The molecule has 0 aliphatic heterocycles. The lowest BCUT2D eigenvalue weighted by Gasteiger charge is -2.34. The molecule has 0 radical (unpaired) electrons. The monoisotopic (exact) mass is 772 g/mol. The van der Waals surface area contributed by atoms with Crippen molar-refractivity contribution in [2.45, 2.75) is 177 Å². The molecule has 0 aliphatic carbocycles. The van der Waals surface area contributed by atoms with Crippen molar-refractivity contribution in [2.24, 2.45) is 5.92 Å². The Morgan fingerprint density at radius 2 is 0.833 bits per heavy atom. The molecule has 3 N–H and O–H groups in total. The van der Waals surface area contributed by atoms with Gasteiger partial charge in [0.15, 0.2) is 0 Å². The first-order chi connectivity index (χ1) is 24.8. The van der Waals surface area contributed by atoms with Crippen molar-refractivity contribution in [3.8, 4) is 0 Å². The molecule has 0 aromatic heterocycles. The van der Waals surface area contributed by atoms with Gasteiger partial charge in [-0.3, -0.25) is 4.79 Å². The van der Waals surface area contributed by atoms with Crippen LogP contribution in [-0.4, -0.2) is 108 Å². The summed E-state index contributed by atoms with van der Waals surface area (Å²) < 4.78 is 22.3. The Morgan fingerprint density at radius 1 is 0.481 bits per heavy atom. The highest BCUT2D eigenvalue weighted by Gasteiger charge is 2.29. The summed E-state index contributed by atoms with van der Waals surface area (Å²) in [5.41, 5.74) is -2.60. The number of nitrogens with one attached hydrogen (secondary N) is 3. The molecule has 316 valence electrons. The lowest BCUT2D eigenvalue weighted by molar-refractivity contribution is -0.120. The smallest absolute Gasteiger partial charge is 0.410 e. The van der Waals surface area contributed by atoms with Gasteiger partial charge in [0, 0.05) is 52.2 Å². The summed E-state index contributed by atoms with van der Waals surface area (Å²) in [7, 11) is 0. The van der Waals surface area contributed by atoms with E-state index in [9.17, 15) is 24.0 Å². The number of unbranched alkanes of at least 4 members (excludes halogenated alkanes) is 5. The van der Waals surface area contributed by atoms with Gasteiger partial charge in [-0.25, -0.2) is 19.2 Å². The quantitative estimate of drug-likeness (QED) is 0.0728. The molecule has 0 aromatic carbocycles. The van der Waals surface area contributed by atoms with Crippen LogP contribution in [0.25, 0.3) is 0 Å². The Morgan fingerprint density at radius 3 is 1.20 bits per heavy atom. The SMILES string of the molecule is CCC(=O)NCCCCCCC(CN(CCCCNC(=O)OC(C)(C)C)C(=O)OC(C)(C)C)CN(CCCCNC(=O)OC(C)(C)C)C(=O)OC(C)(C)C. The number of rotatable bonds is 22. The van der Waals surface area contributed by atoms with Crippen LogP contribution in [0.4, 0.5) is 19.2 Å². The van der Waals surface area contributed by atoms with Crippen molar-refractivity contribution in [3.05, 3.63) is 0 Å². The number of hydrogen-bond acceptors (Lipinski definition) is 9. The van der Waals surface area contributed by atoms with E-state index in [0.717, 1.165) is 32.1 Å². The molecular formula is C40H77N5O9. The second-order valence-electron chi connectivity index (χ2n) is 17.9. The molecule has 0 rings (SSSR count). The zero-order valence-electron chi connectivity index (χ0n) is 36.2. The maximum atomic E-state index is 13.6. The highest BCUT2D eigenvalue weighted by atomic mass is 16.6. The van der Waals surface area contributed by atoms with Gasteiger partial charge >= 0.3 is 24.4 Å². The van der Waals surface area contributed by atoms with E-state index >= 15 is 0 Å². The van der Waals surface area contributed by atoms with Crippen LogP contribution in [0.2, 0.25) is 0 Å². The number of hydrogen-bond donors (Lipinski definition) is 3. The number of alkyl carbamates (subject to hydrolysis) is 2. The second kappa shape index (κ2) is 24.9. The molecule has 54 heavy (non-hydrogen) atoms. The Labute approximate surface area is 326 Å². The van der Waals surface area contributed by atoms with Crippen LogP contribution in [0, 0.1) is 5.92 Å². The summed E-state index contributed by atoms with van der Waals surface area (Å²) >= 11 is 0. The van der Waals surface area contributed by atoms with Crippen LogP contribution >= 0.6 is 0 Å². The molecule has 0 fully saturated rings. The summed E-state index contributed by atoms with van der Waals surface area (Å²) in [5.74, 6) is -0.0506. The maximum Gasteiger partial charge on any atom is 0.410 e. The van der Waals surface area contributed by atoms with E-state index in [1.165, 1.54) is 0 Å². The molecule has 0 unspecified atom stereocenters. The molecule has 0 heterocycles. The fourth-order valence-corrected chi connectivity index (χ4v) is 5.16. The zero-order valence-corrected chi connectivity index (χ0v) is 36.2. The van der Waals surface area contributed by atoms with Gasteiger partial charge < -0.3 is 44.7 Å². The third-order valence-corrected chi connectivity index (χ3v) is 7.49. The summed E-state index contributed by atoms with van der Waals surface area (Å²) in [5, 5.41) is 8.47. The molecule has 14 heteroatoms. The Hall–Kier alpha value is -3.45. The fraction of sp³-hybridized carbons (Fsp3) is 0.875. The third kappa shape index (κ3) is 29.9. The molecule has 0 saturated carbocycles. The van der Waals surface area contributed by atoms with Gasteiger partial charge in [0.25, 0.3) is 0 Å². The van der Waals surface area contributed by atoms with Gasteiger partial charge in [-0.15, -0.1) is 0 Å². The van der Waals surface area contributed by atoms with Crippen LogP contribution in [-0.2, 0) is 23.7 Å². The zero-order chi connectivity index (χ0) is 41.6. The van der Waals surface area contributed by atoms with E-state index in [4.69, 9.17) is 18.9 Å². The third-order valence-electron chi connectivity index (χ3n) is 7.49. The normalized spacial score (nSPS) is 12.1. The van der Waals surface area contributed by atoms with E-state index in [1.807, 2.05) is 90.0 Å². The van der Waals surface area contributed by atoms with E-state index in [2.05, 4.69) is 16.0 Å². The van der Waals surface area contributed by atoms with Crippen LogP contribution in [0.5, 0.6) is 0 Å². The van der Waals surface area contributed by atoms with E-state index in [1.54, 1.807) is 9.80 Å². The summed E-state index contributed by atoms with van der Waals surface area (Å²) in [6.07, 6.45) is 5.48. The largest absolute Gasteiger partial charge is 0.444 e. The minimum Gasteiger partial charge on any atom is -0.444 e. The van der Waals surface area contributed by atoms with Crippen LogP contribution in [0.3, 0.4) is 0 Å². The number of amides is 5. The first kappa shape index (κ1) is 50.5. The molecule has 0 saturated heterocycles. The van der Waals surface area contributed by atoms with Crippen LogP contribution < -0.4 is 16.0 Å². The van der Waals surface area contributed by atoms with Crippen LogP contribution in [0.15, 0.2) is 0 Å². The molecule has 14 nitrogen and oxygen atoms in total. The van der Waals surface area contributed by atoms with Crippen molar-refractivity contribution in [2.75, 3.05) is 45.8 Å². The van der Waals surface area contributed by atoms with Gasteiger partial charge in [-0.1, -0.05) is 26.2 Å². The highest BCUT2D eigenvalue weighted by Crippen LogP contribution is 2.20. The van der Waals surface area contributed by atoms with E-state index in [-0.39, 0.29) is 11.8 Å².